The lowest BCUT2D eigenvalue weighted by molar-refractivity contribution is -0.144. The Hall–Kier alpha value is -2.79. The number of nitrogens with zero attached hydrogens (tertiary/aromatic N) is 1. The average molecular weight is 699 g/mol. The summed E-state index contributed by atoms with van der Waals surface area (Å²) in [7, 11) is -9.71. The molecule has 1 aliphatic carbocycles. The Balaban J connectivity index is 1.30. The third-order valence-electron chi connectivity index (χ3n) is 8.54. The Morgan fingerprint density at radius 2 is 1.74 bits per heavy atom. The molecule has 0 spiro atoms. The zero-order valence-corrected chi connectivity index (χ0v) is 27.3. The van der Waals surface area contributed by atoms with E-state index in [1.54, 1.807) is 30.3 Å². The summed E-state index contributed by atoms with van der Waals surface area (Å²) in [5.74, 6) is 0.468. The van der Waals surface area contributed by atoms with Gasteiger partial charge in [-0.25, -0.2) is 17.8 Å². The van der Waals surface area contributed by atoms with Gasteiger partial charge in [0.25, 0.3) is 10.0 Å². The molecule has 2 aromatic carbocycles. The van der Waals surface area contributed by atoms with Crippen LogP contribution in [0.5, 0.6) is 11.5 Å². The summed E-state index contributed by atoms with van der Waals surface area (Å²) < 4.78 is 74.5. The monoisotopic (exact) mass is 698 g/mol. The summed E-state index contributed by atoms with van der Waals surface area (Å²) in [6.45, 7) is 0.479. The first-order valence-corrected chi connectivity index (χ1v) is 18.6. The molecule has 17 heteroatoms. The number of hydroxylamine groups is 1. The molecule has 3 N–H and O–H groups in total. The van der Waals surface area contributed by atoms with Gasteiger partial charge in [0.15, 0.2) is 17.8 Å². The van der Waals surface area contributed by atoms with Crippen LogP contribution in [-0.2, 0) is 44.6 Å². The summed E-state index contributed by atoms with van der Waals surface area (Å²) >= 11 is 0. The summed E-state index contributed by atoms with van der Waals surface area (Å²) in [5.41, 5.74) is 0.684. The molecule has 5 atom stereocenters. The van der Waals surface area contributed by atoms with E-state index in [1.165, 1.54) is 18.2 Å². The van der Waals surface area contributed by atoms with E-state index in [2.05, 4.69) is 5.32 Å². The highest BCUT2D eigenvalue weighted by Crippen LogP contribution is 2.40. The topological polar surface area (TPSA) is 189 Å². The number of fused-ring (bicyclic) bond motifs is 2. The van der Waals surface area contributed by atoms with E-state index in [0.717, 1.165) is 12.8 Å². The quantitative estimate of drug-likeness (QED) is 0.205. The number of carbonyl (C=O) groups excluding carboxylic acids is 1. The predicted molar refractivity (Wildman–Crippen MR) is 163 cm³/mol. The maximum Gasteiger partial charge on any atom is 0.469 e. The molecule has 3 heterocycles. The van der Waals surface area contributed by atoms with Crippen molar-refractivity contribution in [3.63, 3.8) is 0 Å². The van der Waals surface area contributed by atoms with Crippen molar-refractivity contribution >= 4 is 23.9 Å². The first-order chi connectivity index (χ1) is 22.5. The number of phosphoric ester groups is 1. The molecule has 2 aromatic rings. The molecule has 6 rings (SSSR count). The predicted octanol–water partition coefficient (Wildman–Crippen LogP) is 2.90. The normalized spacial score (nSPS) is 24.2. The van der Waals surface area contributed by atoms with Crippen molar-refractivity contribution in [3.8, 4) is 11.5 Å². The van der Waals surface area contributed by atoms with Crippen molar-refractivity contribution in [2.75, 3.05) is 33.0 Å². The molecule has 47 heavy (non-hydrogen) atoms. The van der Waals surface area contributed by atoms with Crippen molar-refractivity contribution in [1.29, 1.82) is 0 Å². The number of rotatable bonds is 13. The van der Waals surface area contributed by atoms with Crippen LogP contribution in [0.15, 0.2) is 53.4 Å². The first kappa shape index (κ1) is 34.1. The van der Waals surface area contributed by atoms with Gasteiger partial charge in [-0.2, -0.15) is 0 Å². The van der Waals surface area contributed by atoms with Gasteiger partial charge in [-0.15, -0.1) is 0 Å². The Labute approximate surface area is 272 Å². The highest BCUT2D eigenvalue weighted by molar-refractivity contribution is 7.89. The van der Waals surface area contributed by atoms with E-state index in [4.69, 9.17) is 33.0 Å². The van der Waals surface area contributed by atoms with Gasteiger partial charge in [-0.05, 0) is 43.4 Å². The molecule has 3 fully saturated rings. The number of carbonyl (C=O) groups is 1. The van der Waals surface area contributed by atoms with E-state index in [9.17, 15) is 27.6 Å². The van der Waals surface area contributed by atoms with Gasteiger partial charge >= 0.3 is 13.9 Å². The Morgan fingerprint density at radius 1 is 1.00 bits per heavy atom. The van der Waals surface area contributed by atoms with Crippen LogP contribution in [0.1, 0.15) is 37.7 Å². The highest BCUT2D eigenvalue weighted by atomic mass is 32.2. The summed E-state index contributed by atoms with van der Waals surface area (Å²) in [6.07, 6.45) is -0.529. The van der Waals surface area contributed by atoms with Crippen LogP contribution < -0.4 is 14.8 Å². The zero-order valence-electron chi connectivity index (χ0n) is 25.5. The lowest BCUT2D eigenvalue weighted by Gasteiger charge is -2.33. The van der Waals surface area contributed by atoms with Crippen LogP contribution >= 0.6 is 7.82 Å². The number of sulfonamides is 1. The number of hydrogen-bond acceptors (Lipinski definition) is 11. The number of ether oxygens (including phenoxy) is 5. The maximum atomic E-state index is 14.2. The molecule has 0 bridgehead atoms. The number of amides is 1. The highest BCUT2D eigenvalue weighted by Gasteiger charge is 2.45. The number of nitrogens with one attached hydrogen (secondary N) is 1. The fraction of sp³-hybridized carbons (Fsp3) is 0.567. The van der Waals surface area contributed by atoms with Gasteiger partial charge < -0.3 is 38.8 Å². The minimum absolute atomic E-state index is 0.0122. The fourth-order valence-corrected chi connectivity index (χ4v) is 8.11. The second-order valence-electron chi connectivity index (χ2n) is 11.9. The van der Waals surface area contributed by atoms with Crippen LogP contribution in [0, 0.1) is 5.92 Å². The third-order valence-corrected chi connectivity index (χ3v) is 10.7. The minimum Gasteiger partial charge on any atom is -0.486 e. The van der Waals surface area contributed by atoms with Crippen LogP contribution in [0.2, 0.25) is 0 Å². The molecular weight excluding hydrogens is 659 g/mol. The lowest BCUT2D eigenvalue weighted by Crippen LogP contribution is -2.52. The smallest absolute Gasteiger partial charge is 0.469 e. The number of alkyl carbamates (subject to hydrolysis) is 1. The van der Waals surface area contributed by atoms with E-state index in [-0.39, 0.29) is 36.2 Å². The number of phosphoric acid groups is 1. The SMILES string of the molecule is O=C(N[C@@H](Cc1ccccc1)[C@@H](CN(OC1CCCC1)S(=O)(=O)c1ccc2c(c1)OCCO2)OP(=O)(O)O)OC1CO[C@H]2OCC[C@@H]12. The molecule has 1 unspecified atom stereocenters. The Morgan fingerprint density at radius 3 is 2.49 bits per heavy atom. The third kappa shape index (κ3) is 8.63. The minimum atomic E-state index is -5.24. The van der Waals surface area contributed by atoms with E-state index in [0.29, 0.717) is 48.3 Å². The molecule has 0 aromatic heterocycles. The molecule has 4 aliphatic rings. The molecule has 258 valence electrons. The second kappa shape index (κ2) is 14.8. The molecular formula is C30H39N2O13PS. The van der Waals surface area contributed by atoms with E-state index < -0.39 is 61.1 Å². The molecule has 1 saturated carbocycles. The molecule has 1 amide bonds. The number of hydrogen-bond donors (Lipinski definition) is 3. The summed E-state index contributed by atoms with van der Waals surface area (Å²) in [4.78, 5) is 39.2. The molecule has 3 aliphatic heterocycles. The van der Waals surface area contributed by atoms with Crippen molar-refractivity contribution in [2.45, 2.75) is 74.1 Å². The van der Waals surface area contributed by atoms with Gasteiger partial charge in [-0.3, -0.25) is 9.36 Å². The second-order valence-corrected chi connectivity index (χ2v) is 14.9. The Bertz CT molecular complexity index is 1540. The number of benzene rings is 2. The van der Waals surface area contributed by atoms with Gasteiger partial charge in [0.05, 0.1) is 42.7 Å². The Kier molecular flexibility index (Phi) is 10.7. The molecule has 0 radical (unpaired) electrons. The average Bonchev–Trinajstić information content (AvgIpc) is 3.81. The van der Waals surface area contributed by atoms with Crippen molar-refractivity contribution in [2.24, 2.45) is 5.92 Å². The van der Waals surface area contributed by atoms with Crippen LogP contribution in [0.25, 0.3) is 0 Å². The van der Waals surface area contributed by atoms with E-state index in [1.807, 2.05) is 0 Å². The fourth-order valence-electron chi connectivity index (χ4n) is 6.23. The standard InChI is InChI=1S/C30H39N2O13PS/c33-30(43-28-19-42-29-23(28)12-13-41-29)31-24(16-20-6-2-1-3-7-20)27(45-46(34,35)36)18-32(44-21-8-4-5-9-21)47(37,38)22-10-11-25-26(17-22)40-15-14-39-25/h1-3,6-7,10-11,17,21,23-24,27-29H,4-5,8-9,12-16,18-19H2,(H,31,33)(H2,34,35,36)/t23-,24-,27+,28?,29+/m0/s1. The van der Waals surface area contributed by atoms with Crippen LogP contribution in [0.3, 0.4) is 0 Å². The van der Waals surface area contributed by atoms with E-state index >= 15 is 0 Å². The largest absolute Gasteiger partial charge is 0.486 e. The summed E-state index contributed by atoms with van der Waals surface area (Å²) in [6, 6.07) is 11.8. The van der Waals surface area contributed by atoms with Gasteiger partial charge in [-0.1, -0.05) is 47.6 Å². The van der Waals surface area contributed by atoms with Gasteiger partial charge in [0.2, 0.25) is 0 Å². The first-order valence-electron chi connectivity index (χ1n) is 15.6. The zero-order chi connectivity index (χ0) is 33.0. The van der Waals surface area contributed by atoms with Crippen molar-refractivity contribution in [3.05, 3.63) is 54.1 Å². The van der Waals surface area contributed by atoms with Crippen molar-refractivity contribution in [1.82, 2.24) is 9.79 Å². The van der Waals surface area contributed by atoms with Gasteiger partial charge in [0.1, 0.15) is 25.4 Å². The van der Waals surface area contributed by atoms with Crippen LogP contribution in [0.4, 0.5) is 4.79 Å². The summed E-state index contributed by atoms with van der Waals surface area (Å²) in [5, 5.41) is 2.69. The van der Waals surface area contributed by atoms with Crippen LogP contribution in [-0.4, -0.2) is 92.4 Å². The molecule has 2 saturated heterocycles. The van der Waals surface area contributed by atoms with Crippen molar-refractivity contribution < 1.29 is 60.6 Å². The maximum absolute atomic E-state index is 14.2. The lowest BCUT2D eigenvalue weighted by atomic mass is 10.0. The van der Waals surface area contributed by atoms with Gasteiger partial charge in [0, 0.05) is 6.07 Å². The molecule has 15 nitrogen and oxygen atoms in total.